The molecule has 0 bridgehead atoms. The zero-order chi connectivity index (χ0) is 7.68. The van der Waals surface area contributed by atoms with Crippen LogP contribution in [-0.2, 0) is 6.42 Å². The van der Waals surface area contributed by atoms with Crippen molar-refractivity contribution in [2.75, 3.05) is 0 Å². The van der Waals surface area contributed by atoms with E-state index in [0.717, 1.165) is 5.92 Å². The van der Waals surface area contributed by atoms with E-state index in [1.54, 1.807) is 0 Å². The summed E-state index contributed by atoms with van der Waals surface area (Å²) in [4.78, 5) is 4.15. The molecule has 1 aliphatic carbocycles. The van der Waals surface area contributed by atoms with Crippen LogP contribution in [0.1, 0.15) is 36.8 Å². The van der Waals surface area contributed by atoms with Crippen LogP contribution in [0, 0.1) is 0 Å². The highest BCUT2D eigenvalue weighted by molar-refractivity contribution is 5.28. The van der Waals surface area contributed by atoms with E-state index in [1.165, 1.54) is 30.4 Å². The minimum absolute atomic E-state index is 0.729. The molecule has 0 N–H and O–H groups in total. The van der Waals surface area contributed by atoms with Crippen molar-refractivity contribution in [3.05, 3.63) is 29.6 Å². The molecule has 2 rings (SSSR count). The van der Waals surface area contributed by atoms with E-state index in [1.807, 2.05) is 12.4 Å². The van der Waals surface area contributed by atoms with Crippen molar-refractivity contribution in [1.82, 2.24) is 4.98 Å². The first-order valence-corrected chi connectivity index (χ1v) is 4.30. The normalized spacial score (nSPS) is 22.8. The van der Waals surface area contributed by atoms with E-state index in [9.17, 15) is 0 Å². The van der Waals surface area contributed by atoms with Gasteiger partial charge < -0.3 is 0 Å². The predicted molar refractivity (Wildman–Crippen MR) is 45.6 cm³/mol. The molecule has 0 amide bonds. The molecule has 1 atom stereocenters. The van der Waals surface area contributed by atoms with Gasteiger partial charge in [-0.2, -0.15) is 0 Å². The Labute approximate surface area is 67.5 Å². The first kappa shape index (κ1) is 6.84. The lowest BCUT2D eigenvalue weighted by molar-refractivity contribution is 0.587. The molecule has 1 nitrogen and oxygen atoms in total. The molecule has 1 heteroatoms. The molecule has 1 aliphatic rings. The molecule has 0 saturated heterocycles. The molecule has 0 saturated carbocycles. The van der Waals surface area contributed by atoms with Crippen LogP contribution < -0.4 is 0 Å². The first-order valence-electron chi connectivity index (χ1n) is 4.30. The minimum atomic E-state index is 0.729. The summed E-state index contributed by atoms with van der Waals surface area (Å²) in [5.41, 5.74) is 2.98. The quantitative estimate of drug-likeness (QED) is 0.549. The van der Waals surface area contributed by atoms with E-state index in [2.05, 4.69) is 18.0 Å². The fraction of sp³-hybridized carbons (Fsp3) is 0.500. The van der Waals surface area contributed by atoms with Gasteiger partial charge in [0.25, 0.3) is 0 Å². The number of hydrogen-bond donors (Lipinski definition) is 0. The Morgan fingerprint density at radius 1 is 1.55 bits per heavy atom. The highest BCUT2D eigenvalue weighted by atomic mass is 14.6. The van der Waals surface area contributed by atoms with Gasteiger partial charge >= 0.3 is 0 Å². The van der Waals surface area contributed by atoms with Crippen molar-refractivity contribution >= 4 is 0 Å². The van der Waals surface area contributed by atoms with Gasteiger partial charge in [0.05, 0.1) is 0 Å². The topological polar surface area (TPSA) is 12.9 Å². The standard InChI is InChI=1S/C10H13N/c1-8-3-2-4-9-5-6-11-7-10(8)9/h5-8H,2-4H2,1H3/t8-/m0/s1. The first-order chi connectivity index (χ1) is 5.38. The number of fused-ring (bicyclic) bond motifs is 1. The molecular formula is C10H13N. The van der Waals surface area contributed by atoms with Crippen molar-refractivity contribution in [1.29, 1.82) is 0 Å². The Hall–Kier alpha value is -0.850. The summed E-state index contributed by atoms with van der Waals surface area (Å²) in [7, 11) is 0. The van der Waals surface area contributed by atoms with E-state index in [4.69, 9.17) is 0 Å². The highest BCUT2D eigenvalue weighted by Gasteiger charge is 2.14. The SMILES string of the molecule is C[C@H]1CCCc2ccncc21. The maximum atomic E-state index is 4.15. The van der Waals surface area contributed by atoms with Crippen molar-refractivity contribution in [2.24, 2.45) is 0 Å². The third kappa shape index (κ3) is 1.15. The summed E-state index contributed by atoms with van der Waals surface area (Å²) in [5, 5.41) is 0. The summed E-state index contributed by atoms with van der Waals surface area (Å²) in [6, 6.07) is 2.16. The summed E-state index contributed by atoms with van der Waals surface area (Å²) < 4.78 is 0. The van der Waals surface area contributed by atoms with Crippen molar-refractivity contribution in [3.8, 4) is 0 Å². The fourth-order valence-corrected chi connectivity index (χ4v) is 1.86. The second-order valence-corrected chi connectivity index (χ2v) is 3.37. The molecule has 0 radical (unpaired) electrons. The van der Waals surface area contributed by atoms with Gasteiger partial charge in [0.15, 0.2) is 0 Å². The Morgan fingerprint density at radius 3 is 3.27 bits per heavy atom. The van der Waals surface area contributed by atoms with Gasteiger partial charge in [-0.25, -0.2) is 0 Å². The van der Waals surface area contributed by atoms with Crippen LogP contribution in [0.25, 0.3) is 0 Å². The highest BCUT2D eigenvalue weighted by Crippen LogP contribution is 2.29. The number of nitrogens with zero attached hydrogens (tertiary/aromatic N) is 1. The van der Waals surface area contributed by atoms with Crippen LogP contribution in [-0.4, -0.2) is 4.98 Å². The zero-order valence-corrected chi connectivity index (χ0v) is 6.88. The average Bonchev–Trinajstić information content (AvgIpc) is 2.06. The van der Waals surface area contributed by atoms with Gasteiger partial charge in [0.1, 0.15) is 0 Å². The average molecular weight is 147 g/mol. The lowest BCUT2D eigenvalue weighted by Crippen LogP contribution is -2.06. The minimum Gasteiger partial charge on any atom is -0.264 e. The van der Waals surface area contributed by atoms with E-state index in [0.29, 0.717) is 0 Å². The Balaban J connectivity index is 2.44. The molecular weight excluding hydrogens is 134 g/mol. The maximum absolute atomic E-state index is 4.15. The smallest absolute Gasteiger partial charge is 0.0305 e. The molecule has 1 heterocycles. The second-order valence-electron chi connectivity index (χ2n) is 3.37. The Kier molecular flexibility index (Phi) is 1.65. The van der Waals surface area contributed by atoms with Gasteiger partial charge in [0, 0.05) is 12.4 Å². The van der Waals surface area contributed by atoms with E-state index in [-0.39, 0.29) is 0 Å². The van der Waals surface area contributed by atoms with E-state index < -0.39 is 0 Å². The number of aryl methyl sites for hydroxylation is 1. The number of rotatable bonds is 0. The van der Waals surface area contributed by atoms with Gasteiger partial charge in [-0.15, -0.1) is 0 Å². The van der Waals surface area contributed by atoms with Crippen LogP contribution in [0.3, 0.4) is 0 Å². The van der Waals surface area contributed by atoms with Gasteiger partial charge in [-0.3, -0.25) is 4.98 Å². The fourth-order valence-electron chi connectivity index (χ4n) is 1.86. The summed E-state index contributed by atoms with van der Waals surface area (Å²) in [5.74, 6) is 0.729. The summed E-state index contributed by atoms with van der Waals surface area (Å²) in [6.45, 7) is 2.29. The van der Waals surface area contributed by atoms with Crippen LogP contribution >= 0.6 is 0 Å². The molecule has 1 aromatic heterocycles. The van der Waals surface area contributed by atoms with Crippen LogP contribution in [0.4, 0.5) is 0 Å². The van der Waals surface area contributed by atoms with Gasteiger partial charge in [-0.1, -0.05) is 6.92 Å². The number of hydrogen-bond acceptors (Lipinski definition) is 1. The third-order valence-electron chi connectivity index (χ3n) is 2.56. The second kappa shape index (κ2) is 2.65. The van der Waals surface area contributed by atoms with Crippen LogP contribution in [0.5, 0.6) is 0 Å². The Bertz CT molecular complexity index is 255. The number of pyridine rings is 1. The van der Waals surface area contributed by atoms with Crippen molar-refractivity contribution < 1.29 is 0 Å². The lowest BCUT2D eigenvalue weighted by atomic mass is 9.85. The lowest BCUT2D eigenvalue weighted by Gasteiger charge is -2.20. The molecule has 0 spiro atoms. The maximum Gasteiger partial charge on any atom is 0.0305 e. The summed E-state index contributed by atoms with van der Waals surface area (Å²) in [6.07, 6.45) is 7.86. The van der Waals surface area contributed by atoms with E-state index >= 15 is 0 Å². The predicted octanol–water partition coefficient (Wildman–Crippen LogP) is 2.52. The van der Waals surface area contributed by atoms with Gasteiger partial charge in [-0.05, 0) is 42.4 Å². The Morgan fingerprint density at radius 2 is 2.45 bits per heavy atom. The molecule has 0 fully saturated rings. The van der Waals surface area contributed by atoms with Crippen molar-refractivity contribution in [2.45, 2.75) is 32.1 Å². The molecule has 58 valence electrons. The number of aromatic nitrogens is 1. The van der Waals surface area contributed by atoms with Crippen LogP contribution in [0.2, 0.25) is 0 Å². The zero-order valence-electron chi connectivity index (χ0n) is 6.88. The monoisotopic (exact) mass is 147 g/mol. The van der Waals surface area contributed by atoms with Crippen molar-refractivity contribution in [3.63, 3.8) is 0 Å². The van der Waals surface area contributed by atoms with Crippen LogP contribution in [0.15, 0.2) is 18.5 Å². The molecule has 0 aromatic carbocycles. The summed E-state index contributed by atoms with van der Waals surface area (Å²) >= 11 is 0. The third-order valence-corrected chi connectivity index (χ3v) is 2.56. The largest absolute Gasteiger partial charge is 0.264 e. The molecule has 0 unspecified atom stereocenters. The molecule has 0 aliphatic heterocycles. The molecule has 11 heavy (non-hydrogen) atoms. The van der Waals surface area contributed by atoms with Gasteiger partial charge in [0.2, 0.25) is 0 Å². The molecule has 1 aromatic rings.